The number of hydrogen-bond acceptors (Lipinski definition) is 2. The van der Waals surface area contributed by atoms with Crippen molar-refractivity contribution in [3.8, 4) is 0 Å². The van der Waals surface area contributed by atoms with Crippen molar-refractivity contribution in [2.45, 2.75) is 24.8 Å². The highest BCUT2D eigenvalue weighted by atomic mass is 32.2. The molecule has 13 heavy (non-hydrogen) atoms. The van der Waals surface area contributed by atoms with Crippen molar-refractivity contribution < 1.29 is 17.9 Å². The van der Waals surface area contributed by atoms with Gasteiger partial charge in [0.2, 0.25) is 0 Å². The van der Waals surface area contributed by atoms with Crippen molar-refractivity contribution >= 4 is 11.8 Å². The number of ether oxygens (including phenoxy) is 1. The van der Waals surface area contributed by atoms with Gasteiger partial charge >= 0.3 is 6.18 Å². The summed E-state index contributed by atoms with van der Waals surface area (Å²) < 4.78 is 39.2. The van der Waals surface area contributed by atoms with Crippen molar-refractivity contribution in [2.24, 2.45) is 0 Å². The summed E-state index contributed by atoms with van der Waals surface area (Å²) in [5, 5.41) is 0.123. The molecule has 0 aliphatic heterocycles. The van der Waals surface area contributed by atoms with E-state index in [9.17, 15) is 13.2 Å². The minimum absolute atomic E-state index is 0.123. The summed E-state index contributed by atoms with van der Waals surface area (Å²) in [5.74, 6) is 0.924. The van der Waals surface area contributed by atoms with Gasteiger partial charge in [-0.2, -0.15) is 24.9 Å². The summed E-state index contributed by atoms with van der Waals surface area (Å²) >= 11 is 1.62. The SMILES string of the molecule is [CH2]C(CCOCC(F)(F)F)SCC. The number of rotatable bonds is 6. The van der Waals surface area contributed by atoms with Crippen molar-refractivity contribution in [3.63, 3.8) is 0 Å². The molecule has 0 aromatic rings. The molecule has 79 valence electrons. The van der Waals surface area contributed by atoms with Crippen LogP contribution in [0.5, 0.6) is 0 Å². The van der Waals surface area contributed by atoms with E-state index in [4.69, 9.17) is 0 Å². The van der Waals surface area contributed by atoms with Crippen molar-refractivity contribution in [1.29, 1.82) is 0 Å². The molecule has 5 heteroatoms. The summed E-state index contributed by atoms with van der Waals surface area (Å²) in [7, 11) is 0. The van der Waals surface area contributed by atoms with Gasteiger partial charge in [-0.1, -0.05) is 6.92 Å². The Hall–Kier alpha value is 0.100. The summed E-state index contributed by atoms with van der Waals surface area (Å²) in [4.78, 5) is 0. The average molecular weight is 215 g/mol. The fourth-order valence-electron chi connectivity index (χ4n) is 0.722. The van der Waals surface area contributed by atoms with Gasteiger partial charge in [0, 0.05) is 11.9 Å². The van der Waals surface area contributed by atoms with Crippen LogP contribution in [0.1, 0.15) is 13.3 Å². The largest absolute Gasteiger partial charge is 0.411 e. The highest BCUT2D eigenvalue weighted by Gasteiger charge is 2.27. The fourth-order valence-corrected chi connectivity index (χ4v) is 1.46. The van der Waals surface area contributed by atoms with E-state index in [1.807, 2.05) is 6.92 Å². The van der Waals surface area contributed by atoms with Crippen LogP contribution < -0.4 is 0 Å². The lowest BCUT2D eigenvalue weighted by atomic mass is 10.3. The first kappa shape index (κ1) is 13.1. The molecule has 0 aromatic heterocycles. The minimum atomic E-state index is -4.21. The Balaban J connectivity index is 3.25. The lowest BCUT2D eigenvalue weighted by molar-refractivity contribution is -0.173. The highest BCUT2D eigenvalue weighted by Crippen LogP contribution is 2.16. The van der Waals surface area contributed by atoms with Crippen molar-refractivity contribution in [1.82, 2.24) is 0 Å². The Morgan fingerprint density at radius 2 is 2.08 bits per heavy atom. The Labute approximate surface area is 81.0 Å². The second-order valence-corrected chi connectivity index (χ2v) is 4.11. The molecule has 1 atom stereocenters. The lowest BCUT2D eigenvalue weighted by Gasteiger charge is -2.11. The maximum atomic E-state index is 11.6. The van der Waals surface area contributed by atoms with Crippen LogP contribution in [0.15, 0.2) is 0 Å². The summed E-state index contributed by atoms with van der Waals surface area (Å²) in [6.45, 7) is 4.72. The maximum Gasteiger partial charge on any atom is 0.411 e. The van der Waals surface area contributed by atoms with E-state index in [0.29, 0.717) is 6.42 Å². The third-order valence-corrected chi connectivity index (χ3v) is 2.29. The van der Waals surface area contributed by atoms with E-state index in [0.717, 1.165) is 5.75 Å². The molecule has 0 bridgehead atoms. The van der Waals surface area contributed by atoms with Gasteiger partial charge in [0.25, 0.3) is 0 Å². The molecular formula is C8H14F3OS. The van der Waals surface area contributed by atoms with Crippen molar-refractivity contribution in [2.75, 3.05) is 19.0 Å². The molecule has 0 saturated carbocycles. The smallest absolute Gasteiger partial charge is 0.372 e. The maximum absolute atomic E-state index is 11.6. The molecule has 0 rings (SSSR count). The highest BCUT2D eigenvalue weighted by molar-refractivity contribution is 7.99. The van der Waals surface area contributed by atoms with E-state index in [2.05, 4.69) is 11.7 Å². The number of alkyl halides is 3. The third kappa shape index (κ3) is 10.0. The van der Waals surface area contributed by atoms with Gasteiger partial charge in [-0.3, -0.25) is 0 Å². The predicted molar refractivity (Wildman–Crippen MR) is 48.8 cm³/mol. The van der Waals surface area contributed by atoms with Crippen LogP contribution in [0.25, 0.3) is 0 Å². The number of thioether (sulfide) groups is 1. The van der Waals surface area contributed by atoms with Gasteiger partial charge in [0.05, 0.1) is 0 Å². The van der Waals surface area contributed by atoms with Gasteiger partial charge in [0.1, 0.15) is 6.61 Å². The van der Waals surface area contributed by atoms with E-state index in [1.165, 1.54) is 0 Å². The van der Waals surface area contributed by atoms with Crippen LogP contribution in [0.2, 0.25) is 0 Å². The van der Waals surface area contributed by atoms with Gasteiger partial charge in [-0.15, -0.1) is 0 Å². The van der Waals surface area contributed by atoms with E-state index in [1.54, 1.807) is 11.8 Å². The Bertz CT molecular complexity index is 127. The molecule has 1 nitrogen and oxygen atoms in total. The van der Waals surface area contributed by atoms with Crippen LogP contribution >= 0.6 is 11.8 Å². The Kier molecular flexibility index (Phi) is 6.59. The molecule has 1 unspecified atom stereocenters. The zero-order chi connectivity index (χ0) is 10.3. The molecule has 0 spiro atoms. The first-order chi connectivity index (χ1) is 5.95. The minimum Gasteiger partial charge on any atom is -0.372 e. The van der Waals surface area contributed by atoms with E-state index in [-0.39, 0.29) is 11.9 Å². The average Bonchev–Trinajstić information content (AvgIpc) is 1.97. The van der Waals surface area contributed by atoms with E-state index < -0.39 is 12.8 Å². The standard InChI is InChI=1S/C8H14F3OS/c1-3-13-7(2)4-5-12-6-8(9,10)11/h7H,2-6H2,1H3. The zero-order valence-corrected chi connectivity index (χ0v) is 8.38. The Morgan fingerprint density at radius 3 is 2.54 bits per heavy atom. The summed E-state index contributed by atoms with van der Waals surface area (Å²) in [6.07, 6.45) is -3.65. The topological polar surface area (TPSA) is 9.23 Å². The molecule has 0 amide bonds. The molecule has 0 aliphatic carbocycles. The molecule has 1 radical (unpaired) electrons. The zero-order valence-electron chi connectivity index (χ0n) is 7.56. The second-order valence-electron chi connectivity index (χ2n) is 2.53. The van der Waals surface area contributed by atoms with E-state index >= 15 is 0 Å². The fraction of sp³-hybridized carbons (Fsp3) is 0.875. The quantitative estimate of drug-likeness (QED) is 0.630. The van der Waals surface area contributed by atoms with Crippen molar-refractivity contribution in [3.05, 3.63) is 6.92 Å². The molecular weight excluding hydrogens is 201 g/mol. The summed E-state index contributed by atoms with van der Waals surface area (Å²) in [5.41, 5.74) is 0. The third-order valence-electron chi connectivity index (χ3n) is 1.25. The molecule has 0 aromatic carbocycles. The van der Waals surface area contributed by atoms with Gasteiger partial charge < -0.3 is 4.74 Å². The Morgan fingerprint density at radius 1 is 1.46 bits per heavy atom. The first-order valence-electron chi connectivity index (χ1n) is 4.05. The van der Waals surface area contributed by atoms with Crippen LogP contribution in [0.3, 0.4) is 0 Å². The van der Waals surface area contributed by atoms with Gasteiger partial charge in [-0.05, 0) is 19.1 Å². The lowest BCUT2D eigenvalue weighted by Crippen LogP contribution is -2.18. The molecule has 0 fully saturated rings. The molecule has 0 heterocycles. The van der Waals surface area contributed by atoms with Crippen LogP contribution in [0.4, 0.5) is 13.2 Å². The van der Waals surface area contributed by atoms with Gasteiger partial charge in [0.15, 0.2) is 0 Å². The monoisotopic (exact) mass is 215 g/mol. The normalized spacial score (nSPS) is 14.5. The van der Waals surface area contributed by atoms with Gasteiger partial charge in [-0.25, -0.2) is 0 Å². The molecule has 0 saturated heterocycles. The second kappa shape index (κ2) is 6.54. The van der Waals surface area contributed by atoms with Crippen LogP contribution in [-0.4, -0.2) is 30.4 Å². The molecule has 0 aliphatic rings. The summed E-state index contributed by atoms with van der Waals surface area (Å²) in [6, 6.07) is 0. The molecule has 0 N–H and O–H groups in total. The van der Waals surface area contributed by atoms with Crippen LogP contribution in [-0.2, 0) is 4.74 Å². The number of hydrogen-bond donors (Lipinski definition) is 0. The number of halogens is 3. The predicted octanol–water partition coefficient (Wildman–Crippen LogP) is 2.91. The van der Waals surface area contributed by atoms with Crippen LogP contribution in [0, 0.1) is 6.92 Å². The first-order valence-corrected chi connectivity index (χ1v) is 5.09.